The molecule has 1 aliphatic rings. The van der Waals surface area contributed by atoms with Crippen molar-refractivity contribution in [3.63, 3.8) is 0 Å². The second kappa shape index (κ2) is 6.20. The van der Waals surface area contributed by atoms with E-state index in [0.29, 0.717) is 17.1 Å². The highest BCUT2D eigenvalue weighted by molar-refractivity contribution is 7.99. The van der Waals surface area contributed by atoms with Crippen molar-refractivity contribution in [1.29, 1.82) is 0 Å². The normalized spacial score (nSPS) is 23.0. The van der Waals surface area contributed by atoms with E-state index >= 15 is 0 Å². The summed E-state index contributed by atoms with van der Waals surface area (Å²) in [5.41, 5.74) is -0.240. The van der Waals surface area contributed by atoms with Gasteiger partial charge in [-0.2, -0.15) is 11.8 Å². The van der Waals surface area contributed by atoms with Crippen LogP contribution in [0.2, 0.25) is 0 Å². The molecule has 2 atom stereocenters. The number of anilines is 1. The fourth-order valence-electron chi connectivity index (χ4n) is 2.72. The molecule has 0 amide bonds. The Morgan fingerprint density at radius 1 is 1.45 bits per heavy atom. The van der Waals surface area contributed by atoms with Crippen molar-refractivity contribution in [3.05, 3.63) is 22.7 Å². The minimum absolute atomic E-state index is 0.0212. The lowest BCUT2D eigenvalue weighted by Gasteiger charge is -2.24. The predicted octanol–water partition coefficient (Wildman–Crippen LogP) is 3.08. The molecular formula is C15H25N3OS. The molecule has 1 aromatic rings. The maximum absolute atomic E-state index is 12.5. The first-order chi connectivity index (χ1) is 9.43. The van der Waals surface area contributed by atoms with Crippen LogP contribution in [0.3, 0.4) is 0 Å². The van der Waals surface area contributed by atoms with Gasteiger partial charge in [-0.1, -0.05) is 13.3 Å². The number of nitrogens with one attached hydrogen (secondary N) is 1. The molecule has 0 bridgehead atoms. The van der Waals surface area contributed by atoms with Crippen LogP contribution in [-0.4, -0.2) is 26.6 Å². The summed E-state index contributed by atoms with van der Waals surface area (Å²) in [6.07, 6.45) is 7.07. The van der Waals surface area contributed by atoms with Gasteiger partial charge in [-0.3, -0.25) is 4.79 Å². The van der Waals surface area contributed by atoms with Crippen molar-refractivity contribution >= 4 is 17.6 Å². The molecule has 0 aliphatic heterocycles. The first-order valence-corrected chi connectivity index (χ1v) is 8.44. The summed E-state index contributed by atoms with van der Waals surface area (Å²) in [6.45, 7) is 8.28. The number of hydrogen-bond donors (Lipinski definition) is 1. The Labute approximate surface area is 125 Å². The van der Waals surface area contributed by atoms with Crippen molar-refractivity contribution in [3.8, 4) is 0 Å². The Bertz CT molecular complexity index is 507. The minimum atomic E-state index is -0.219. The molecule has 5 heteroatoms. The third-order valence-electron chi connectivity index (χ3n) is 3.72. The van der Waals surface area contributed by atoms with Gasteiger partial charge in [0, 0.05) is 29.2 Å². The van der Waals surface area contributed by atoms with E-state index in [0.717, 1.165) is 12.2 Å². The number of hydrogen-bond acceptors (Lipinski definition) is 4. The smallest absolute Gasteiger partial charge is 0.293 e. The van der Waals surface area contributed by atoms with E-state index in [1.165, 1.54) is 12.8 Å². The van der Waals surface area contributed by atoms with Gasteiger partial charge in [-0.15, -0.1) is 0 Å². The minimum Gasteiger partial charge on any atom is -0.362 e. The summed E-state index contributed by atoms with van der Waals surface area (Å²) in [5, 5.41) is 3.99. The molecule has 0 aromatic carbocycles. The predicted molar refractivity (Wildman–Crippen MR) is 86.7 cm³/mol. The first kappa shape index (κ1) is 15.4. The standard InChI is InChI=1S/C15H25N3OS/c1-5-20-12-8-6-7-11(12)17-13-14(19)18(10-9-16-13)15(2,3)4/h9-12H,5-8H2,1-4H3,(H,16,17). The van der Waals surface area contributed by atoms with Crippen LogP contribution < -0.4 is 10.9 Å². The number of rotatable bonds is 4. The van der Waals surface area contributed by atoms with Gasteiger partial charge in [0.15, 0.2) is 5.82 Å². The second-order valence-corrected chi connectivity index (χ2v) is 7.81. The van der Waals surface area contributed by atoms with Gasteiger partial charge < -0.3 is 9.88 Å². The molecule has 1 fully saturated rings. The molecule has 1 heterocycles. The molecule has 0 saturated heterocycles. The Balaban J connectivity index is 2.20. The molecule has 0 spiro atoms. The SMILES string of the molecule is CCSC1CCCC1Nc1nccn(C(C)(C)C)c1=O. The molecule has 0 radical (unpaired) electrons. The number of aromatic nitrogens is 2. The third-order valence-corrected chi connectivity index (χ3v) is 5.04. The quantitative estimate of drug-likeness (QED) is 0.927. The highest BCUT2D eigenvalue weighted by Gasteiger charge is 2.28. The monoisotopic (exact) mass is 295 g/mol. The van der Waals surface area contributed by atoms with Gasteiger partial charge in [0.25, 0.3) is 5.56 Å². The third kappa shape index (κ3) is 3.37. The summed E-state index contributed by atoms with van der Waals surface area (Å²) in [5.74, 6) is 1.62. The van der Waals surface area contributed by atoms with Crippen LogP contribution in [0.25, 0.3) is 0 Å². The van der Waals surface area contributed by atoms with Gasteiger partial charge in [0.1, 0.15) is 0 Å². The van der Waals surface area contributed by atoms with E-state index in [4.69, 9.17) is 0 Å². The number of nitrogens with zero attached hydrogens (tertiary/aromatic N) is 2. The fraction of sp³-hybridized carbons (Fsp3) is 0.733. The fourth-order valence-corrected chi connectivity index (χ4v) is 3.92. The van der Waals surface area contributed by atoms with Gasteiger partial charge in [-0.05, 0) is 39.4 Å². The summed E-state index contributed by atoms with van der Waals surface area (Å²) in [4.78, 5) is 16.8. The van der Waals surface area contributed by atoms with E-state index < -0.39 is 0 Å². The summed E-state index contributed by atoms with van der Waals surface area (Å²) in [7, 11) is 0. The van der Waals surface area contributed by atoms with Gasteiger partial charge in [-0.25, -0.2) is 4.98 Å². The molecule has 112 valence electrons. The Morgan fingerprint density at radius 2 is 2.20 bits per heavy atom. The Hall–Kier alpha value is -0.970. The van der Waals surface area contributed by atoms with Crippen LogP contribution in [0.1, 0.15) is 47.0 Å². The van der Waals surface area contributed by atoms with Crippen molar-refractivity contribution in [2.75, 3.05) is 11.1 Å². The van der Waals surface area contributed by atoms with Gasteiger partial charge in [0.2, 0.25) is 0 Å². The van der Waals surface area contributed by atoms with Crippen LogP contribution in [0.5, 0.6) is 0 Å². The lowest BCUT2D eigenvalue weighted by Crippen LogP contribution is -2.37. The van der Waals surface area contributed by atoms with Crippen LogP contribution in [-0.2, 0) is 5.54 Å². The molecule has 1 aromatic heterocycles. The molecule has 4 nitrogen and oxygen atoms in total. The van der Waals surface area contributed by atoms with Crippen LogP contribution in [0, 0.1) is 0 Å². The zero-order chi connectivity index (χ0) is 14.8. The summed E-state index contributed by atoms with van der Waals surface area (Å²) < 4.78 is 1.75. The van der Waals surface area contributed by atoms with Crippen LogP contribution in [0.4, 0.5) is 5.82 Å². The zero-order valence-corrected chi connectivity index (χ0v) is 13.7. The van der Waals surface area contributed by atoms with E-state index in [1.54, 1.807) is 17.0 Å². The maximum Gasteiger partial charge on any atom is 0.293 e. The van der Waals surface area contributed by atoms with Gasteiger partial charge >= 0.3 is 0 Å². The topological polar surface area (TPSA) is 46.9 Å². The summed E-state index contributed by atoms with van der Waals surface area (Å²) >= 11 is 1.98. The van der Waals surface area contributed by atoms with E-state index in [9.17, 15) is 4.79 Å². The average molecular weight is 295 g/mol. The summed E-state index contributed by atoms with van der Waals surface area (Å²) in [6, 6.07) is 0.371. The van der Waals surface area contributed by atoms with Crippen molar-refractivity contribution < 1.29 is 0 Å². The molecule has 2 rings (SSSR count). The lowest BCUT2D eigenvalue weighted by atomic mass is 10.1. The maximum atomic E-state index is 12.5. The molecule has 1 saturated carbocycles. The highest BCUT2D eigenvalue weighted by Crippen LogP contribution is 2.31. The van der Waals surface area contributed by atoms with Crippen LogP contribution >= 0.6 is 11.8 Å². The molecule has 1 aliphatic carbocycles. The van der Waals surface area contributed by atoms with Gasteiger partial charge in [0.05, 0.1) is 0 Å². The second-order valence-electron chi connectivity index (χ2n) is 6.30. The average Bonchev–Trinajstić information content (AvgIpc) is 2.78. The van der Waals surface area contributed by atoms with Crippen molar-refractivity contribution in [2.45, 2.75) is 63.8 Å². The highest BCUT2D eigenvalue weighted by atomic mass is 32.2. The molecular weight excluding hydrogens is 270 g/mol. The van der Waals surface area contributed by atoms with E-state index in [1.807, 2.05) is 32.5 Å². The Morgan fingerprint density at radius 3 is 2.85 bits per heavy atom. The van der Waals surface area contributed by atoms with E-state index in [2.05, 4.69) is 17.2 Å². The lowest BCUT2D eigenvalue weighted by molar-refractivity contribution is 0.383. The Kier molecular flexibility index (Phi) is 4.78. The molecule has 20 heavy (non-hydrogen) atoms. The van der Waals surface area contributed by atoms with Crippen molar-refractivity contribution in [2.24, 2.45) is 0 Å². The first-order valence-electron chi connectivity index (χ1n) is 7.39. The zero-order valence-electron chi connectivity index (χ0n) is 12.8. The number of thioether (sulfide) groups is 1. The largest absolute Gasteiger partial charge is 0.362 e. The van der Waals surface area contributed by atoms with Crippen LogP contribution in [0.15, 0.2) is 17.2 Å². The van der Waals surface area contributed by atoms with E-state index in [-0.39, 0.29) is 11.1 Å². The molecule has 1 N–H and O–H groups in total. The molecule has 2 unspecified atom stereocenters. The van der Waals surface area contributed by atoms with Crippen molar-refractivity contribution in [1.82, 2.24) is 9.55 Å².